The normalized spacial score (nSPS) is 10.3. The number of imidazole rings is 1. The topological polar surface area (TPSA) is 64.4 Å². The zero-order chi connectivity index (χ0) is 13.1. The molecule has 2 aromatic rings. The first-order valence-electron chi connectivity index (χ1n) is 5.34. The number of halogens is 1. The predicted molar refractivity (Wildman–Crippen MR) is 66.4 cm³/mol. The molecule has 0 spiro atoms. The minimum absolute atomic E-state index is 0.0473. The fraction of sp³-hybridized carbons (Fsp3) is 0.167. The van der Waals surface area contributed by atoms with E-state index >= 15 is 0 Å². The second-order valence-corrected chi connectivity index (χ2v) is 4.00. The molecule has 6 heteroatoms. The molecule has 2 rings (SSSR count). The molecule has 0 aliphatic carbocycles. The molecule has 1 N–H and O–H groups in total. The van der Waals surface area contributed by atoms with Gasteiger partial charge in [0.1, 0.15) is 5.75 Å². The number of hydrogen-bond acceptors (Lipinski definition) is 3. The number of benzene rings is 1. The fourth-order valence-corrected chi connectivity index (χ4v) is 1.63. The van der Waals surface area contributed by atoms with Gasteiger partial charge in [-0.3, -0.25) is 0 Å². The summed E-state index contributed by atoms with van der Waals surface area (Å²) in [6.07, 6.45) is 1.43. The molecule has 18 heavy (non-hydrogen) atoms. The maximum Gasteiger partial charge on any atom is 0.356 e. The molecule has 0 aliphatic heterocycles. The molecule has 0 fully saturated rings. The molecule has 1 aromatic heterocycles. The molecule has 1 heterocycles. The van der Waals surface area contributed by atoms with Gasteiger partial charge in [0.2, 0.25) is 0 Å². The highest BCUT2D eigenvalue weighted by atomic mass is 35.5. The summed E-state index contributed by atoms with van der Waals surface area (Å²) < 4.78 is 7.13. The zero-order valence-corrected chi connectivity index (χ0v) is 10.4. The van der Waals surface area contributed by atoms with Gasteiger partial charge in [-0.05, 0) is 25.1 Å². The molecule has 0 radical (unpaired) electrons. The SMILES string of the molecule is CCn1cc(C(=O)O)nc1Oc1cccc(Cl)c1. The number of hydrogen-bond donors (Lipinski definition) is 1. The van der Waals surface area contributed by atoms with E-state index in [2.05, 4.69) is 4.98 Å². The van der Waals surface area contributed by atoms with Gasteiger partial charge in [-0.15, -0.1) is 0 Å². The first-order chi connectivity index (χ1) is 8.60. The maximum atomic E-state index is 10.8. The lowest BCUT2D eigenvalue weighted by atomic mass is 10.3. The Morgan fingerprint density at radius 3 is 2.94 bits per heavy atom. The number of carbonyl (C=O) groups is 1. The Labute approximate surface area is 109 Å². The van der Waals surface area contributed by atoms with E-state index in [1.807, 2.05) is 6.92 Å². The average Bonchev–Trinajstić information content (AvgIpc) is 2.72. The van der Waals surface area contributed by atoms with Crippen molar-refractivity contribution in [3.05, 3.63) is 41.2 Å². The largest absolute Gasteiger partial charge is 0.476 e. The summed E-state index contributed by atoms with van der Waals surface area (Å²) >= 11 is 5.84. The van der Waals surface area contributed by atoms with Crippen LogP contribution in [-0.2, 0) is 6.54 Å². The van der Waals surface area contributed by atoms with Gasteiger partial charge in [-0.1, -0.05) is 17.7 Å². The minimum Gasteiger partial charge on any atom is -0.476 e. The van der Waals surface area contributed by atoms with Crippen molar-refractivity contribution < 1.29 is 14.6 Å². The monoisotopic (exact) mass is 266 g/mol. The summed E-state index contributed by atoms with van der Waals surface area (Å²) in [7, 11) is 0. The van der Waals surface area contributed by atoms with Crippen LogP contribution in [-0.4, -0.2) is 20.6 Å². The van der Waals surface area contributed by atoms with Crippen LogP contribution in [0.5, 0.6) is 11.8 Å². The molecule has 0 aliphatic rings. The van der Waals surface area contributed by atoms with Gasteiger partial charge in [0.15, 0.2) is 5.69 Å². The van der Waals surface area contributed by atoms with E-state index in [-0.39, 0.29) is 11.7 Å². The Morgan fingerprint density at radius 1 is 1.56 bits per heavy atom. The number of aryl methyl sites for hydroxylation is 1. The van der Waals surface area contributed by atoms with Gasteiger partial charge in [0, 0.05) is 17.8 Å². The maximum absolute atomic E-state index is 10.8. The van der Waals surface area contributed by atoms with Crippen molar-refractivity contribution in [2.75, 3.05) is 0 Å². The Morgan fingerprint density at radius 2 is 2.33 bits per heavy atom. The van der Waals surface area contributed by atoms with Crippen LogP contribution in [0, 0.1) is 0 Å². The lowest BCUT2D eigenvalue weighted by Gasteiger charge is -2.06. The van der Waals surface area contributed by atoms with Gasteiger partial charge in [-0.2, -0.15) is 4.98 Å². The summed E-state index contributed by atoms with van der Waals surface area (Å²) in [6.45, 7) is 2.44. The van der Waals surface area contributed by atoms with Crippen LogP contribution in [0.4, 0.5) is 0 Å². The highest BCUT2D eigenvalue weighted by Gasteiger charge is 2.14. The second kappa shape index (κ2) is 5.10. The summed E-state index contributed by atoms with van der Waals surface area (Å²) in [4.78, 5) is 14.7. The fourth-order valence-electron chi connectivity index (χ4n) is 1.45. The van der Waals surface area contributed by atoms with Crippen LogP contribution < -0.4 is 4.74 Å². The third kappa shape index (κ3) is 2.62. The van der Waals surface area contributed by atoms with Crippen LogP contribution in [0.3, 0.4) is 0 Å². The third-order valence-corrected chi connectivity index (χ3v) is 2.54. The van der Waals surface area contributed by atoms with Crippen LogP contribution in [0.25, 0.3) is 0 Å². The predicted octanol–water partition coefficient (Wildman–Crippen LogP) is 3.05. The number of nitrogens with zero attached hydrogens (tertiary/aromatic N) is 2. The van der Waals surface area contributed by atoms with Crippen molar-refractivity contribution in [1.82, 2.24) is 9.55 Å². The lowest BCUT2D eigenvalue weighted by molar-refractivity contribution is 0.0690. The smallest absolute Gasteiger partial charge is 0.356 e. The molecular formula is C12H11ClN2O3. The Hall–Kier alpha value is -2.01. The van der Waals surface area contributed by atoms with E-state index < -0.39 is 5.97 Å². The van der Waals surface area contributed by atoms with E-state index in [1.165, 1.54) is 6.20 Å². The first kappa shape index (κ1) is 12.4. The van der Waals surface area contributed by atoms with Crippen molar-refractivity contribution in [1.29, 1.82) is 0 Å². The van der Waals surface area contributed by atoms with Crippen LogP contribution in [0.1, 0.15) is 17.4 Å². The summed E-state index contributed by atoms with van der Waals surface area (Å²) in [5.74, 6) is -0.571. The molecule has 5 nitrogen and oxygen atoms in total. The highest BCUT2D eigenvalue weighted by molar-refractivity contribution is 6.30. The molecule has 0 atom stereocenters. The number of carboxylic acids is 1. The van der Waals surface area contributed by atoms with E-state index in [0.717, 1.165) is 0 Å². The second-order valence-electron chi connectivity index (χ2n) is 3.56. The molecule has 1 aromatic carbocycles. The summed E-state index contributed by atoms with van der Waals surface area (Å²) in [5.41, 5.74) is -0.0473. The molecule has 0 bridgehead atoms. The van der Waals surface area contributed by atoms with Gasteiger partial charge < -0.3 is 14.4 Å². The third-order valence-electron chi connectivity index (χ3n) is 2.30. The Kier molecular flexibility index (Phi) is 3.53. The zero-order valence-electron chi connectivity index (χ0n) is 9.63. The summed E-state index contributed by atoms with van der Waals surface area (Å²) in [5, 5.41) is 9.42. The van der Waals surface area contributed by atoms with Crippen LogP contribution >= 0.6 is 11.6 Å². The quantitative estimate of drug-likeness (QED) is 0.924. The Bertz CT molecular complexity index is 580. The van der Waals surface area contributed by atoms with Crippen LogP contribution in [0.2, 0.25) is 5.02 Å². The van der Waals surface area contributed by atoms with Crippen LogP contribution in [0.15, 0.2) is 30.5 Å². The van der Waals surface area contributed by atoms with Gasteiger partial charge in [-0.25, -0.2) is 4.79 Å². The molecule has 94 valence electrons. The number of aromatic nitrogens is 2. The van der Waals surface area contributed by atoms with Crippen molar-refractivity contribution in [2.45, 2.75) is 13.5 Å². The van der Waals surface area contributed by atoms with Crippen molar-refractivity contribution >= 4 is 17.6 Å². The van der Waals surface area contributed by atoms with E-state index in [0.29, 0.717) is 17.3 Å². The van der Waals surface area contributed by atoms with E-state index in [4.69, 9.17) is 21.4 Å². The van der Waals surface area contributed by atoms with Crippen molar-refractivity contribution in [3.8, 4) is 11.8 Å². The number of aromatic carboxylic acids is 1. The molecule has 0 amide bonds. The number of ether oxygens (including phenoxy) is 1. The van der Waals surface area contributed by atoms with E-state index in [9.17, 15) is 4.79 Å². The lowest BCUT2D eigenvalue weighted by Crippen LogP contribution is -1.96. The average molecular weight is 267 g/mol. The molecule has 0 saturated heterocycles. The van der Waals surface area contributed by atoms with Gasteiger partial charge in [0.05, 0.1) is 0 Å². The van der Waals surface area contributed by atoms with Crippen molar-refractivity contribution in [2.24, 2.45) is 0 Å². The molecular weight excluding hydrogens is 256 g/mol. The van der Waals surface area contributed by atoms with Gasteiger partial charge in [0.25, 0.3) is 0 Å². The van der Waals surface area contributed by atoms with E-state index in [1.54, 1.807) is 28.8 Å². The molecule has 0 saturated carbocycles. The number of rotatable bonds is 4. The first-order valence-corrected chi connectivity index (χ1v) is 5.72. The minimum atomic E-state index is -1.09. The van der Waals surface area contributed by atoms with Crippen molar-refractivity contribution in [3.63, 3.8) is 0 Å². The number of carboxylic acid groups (broad SMARTS) is 1. The standard InChI is InChI=1S/C12H11ClN2O3/c1-2-15-7-10(11(16)17)14-12(15)18-9-5-3-4-8(13)6-9/h3-7H,2H2,1H3,(H,16,17). The highest BCUT2D eigenvalue weighted by Crippen LogP contribution is 2.23. The summed E-state index contributed by atoms with van der Waals surface area (Å²) in [6, 6.07) is 7.06. The molecule has 0 unspecified atom stereocenters. The Balaban J connectivity index is 2.30. The van der Waals surface area contributed by atoms with Gasteiger partial charge >= 0.3 is 12.0 Å².